The van der Waals surface area contributed by atoms with Gasteiger partial charge in [0.05, 0.1) is 5.02 Å². The van der Waals surface area contributed by atoms with E-state index in [-0.39, 0.29) is 23.3 Å². The Labute approximate surface area is 119 Å². The van der Waals surface area contributed by atoms with E-state index in [0.717, 1.165) is 6.07 Å². The molecule has 2 aromatic rings. The topological polar surface area (TPSA) is 47.6 Å². The number of carbonyl (C=O) groups excluding carboxylic acids is 1. The molecule has 0 unspecified atom stereocenters. The van der Waals surface area contributed by atoms with Crippen LogP contribution < -0.4 is 14.8 Å². The summed E-state index contributed by atoms with van der Waals surface area (Å²) >= 11 is 5.65. The second kappa shape index (κ2) is 5.02. The highest BCUT2D eigenvalue weighted by atomic mass is 35.5. The summed E-state index contributed by atoms with van der Waals surface area (Å²) in [6, 6.07) is 8.84. The van der Waals surface area contributed by atoms with Crippen LogP contribution in [0.1, 0.15) is 10.4 Å². The number of nitrogens with one attached hydrogen (secondary N) is 1. The number of rotatable bonds is 2. The summed E-state index contributed by atoms with van der Waals surface area (Å²) in [5.74, 6) is 0.254. The van der Waals surface area contributed by atoms with E-state index in [1.54, 1.807) is 18.2 Å². The number of halogens is 2. The van der Waals surface area contributed by atoms with Crippen molar-refractivity contribution >= 4 is 23.2 Å². The van der Waals surface area contributed by atoms with Crippen LogP contribution in [0.15, 0.2) is 36.4 Å². The van der Waals surface area contributed by atoms with E-state index in [1.807, 2.05) is 0 Å². The third kappa shape index (κ3) is 2.40. The molecule has 0 saturated carbocycles. The van der Waals surface area contributed by atoms with E-state index < -0.39 is 5.82 Å². The third-order valence-corrected chi connectivity index (χ3v) is 3.10. The van der Waals surface area contributed by atoms with Crippen LogP contribution in [0.25, 0.3) is 0 Å². The highest BCUT2D eigenvalue weighted by Gasteiger charge is 2.15. The zero-order chi connectivity index (χ0) is 14.1. The minimum absolute atomic E-state index is 0.0941. The fourth-order valence-corrected chi connectivity index (χ4v) is 2.00. The minimum atomic E-state index is -0.564. The van der Waals surface area contributed by atoms with Gasteiger partial charge in [0.2, 0.25) is 6.79 Å². The lowest BCUT2D eigenvalue weighted by Gasteiger charge is -2.06. The summed E-state index contributed by atoms with van der Waals surface area (Å²) in [4.78, 5) is 12.0. The van der Waals surface area contributed by atoms with Crippen LogP contribution in [0, 0.1) is 5.82 Å². The number of hydrogen-bond acceptors (Lipinski definition) is 3. The first-order valence-electron chi connectivity index (χ1n) is 5.79. The van der Waals surface area contributed by atoms with E-state index in [2.05, 4.69) is 5.32 Å². The van der Waals surface area contributed by atoms with Crippen LogP contribution in [0.2, 0.25) is 5.02 Å². The quantitative estimate of drug-likeness (QED) is 0.922. The van der Waals surface area contributed by atoms with Gasteiger partial charge in [0.25, 0.3) is 5.91 Å². The van der Waals surface area contributed by atoms with Gasteiger partial charge in [-0.15, -0.1) is 0 Å². The molecule has 1 heterocycles. The minimum Gasteiger partial charge on any atom is -0.454 e. The Morgan fingerprint density at radius 2 is 1.95 bits per heavy atom. The Morgan fingerprint density at radius 1 is 1.15 bits per heavy atom. The molecule has 1 amide bonds. The Bertz CT molecular complexity index is 690. The summed E-state index contributed by atoms with van der Waals surface area (Å²) in [5, 5.41) is 2.58. The van der Waals surface area contributed by atoms with Crippen molar-refractivity contribution in [3.05, 3.63) is 52.8 Å². The van der Waals surface area contributed by atoms with Crippen molar-refractivity contribution in [2.75, 3.05) is 12.1 Å². The normalized spacial score (nSPS) is 12.3. The summed E-state index contributed by atoms with van der Waals surface area (Å²) in [5.41, 5.74) is 0.828. The van der Waals surface area contributed by atoms with Gasteiger partial charge in [-0.2, -0.15) is 0 Å². The molecule has 0 bridgehead atoms. The Morgan fingerprint density at radius 3 is 2.75 bits per heavy atom. The average molecular weight is 294 g/mol. The van der Waals surface area contributed by atoms with Gasteiger partial charge >= 0.3 is 0 Å². The lowest BCUT2D eigenvalue weighted by molar-refractivity contribution is 0.102. The molecular formula is C14H9ClFNO3. The van der Waals surface area contributed by atoms with Crippen LogP contribution in [0.4, 0.5) is 10.1 Å². The van der Waals surface area contributed by atoms with Crippen molar-refractivity contribution in [1.29, 1.82) is 0 Å². The van der Waals surface area contributed by atoms with E-state index in [9.17, 15) is 9.18 Å². The molecule has 0 fully saturated rings. The standard InChI is InChI=1S/C14H9ClFNO3/c15-10-5-8(1-3-11(10)16)14(18)17-9-2-4-12-13(6-9)20-7-19-12/h1-6H,7H2,(H,17,18). The van der Waals surface area contributed by atoms with Gasteiger partial charge < -0.3 is 14.8 Å². The third-order valence-electron chi connectivity index (χ3n) is 2.81. The predicted molar refractivity (Wildman–Crippen MR) is 71.9 cm³/mol. The van der Waals surface area contributed by atoms with Gasteiger partial charge in [-0.3, -0.25) is 4.79 Å². The average Bonchev–Trinajstić information content (AvgIpc) is 2.89. The fraction of sp³-hybridized carbons (Fsp3) is 0.0714. The van der Waals surface area contributed by atoms with Crippen LogP contribution in [-0.2, 0) is 0 Å². The molecule has 0 radical (unpaired) electrons. The van der Waals surface area contributed by atoms with E-state index in [0.29, 0.717) is 17.2 Å². The molecule has 1 aliphatic heterocycles. The highest BCUT2D eigenvalue weighted by molar-refractivity contribution is 6.31. The lowest BCUT2D eigenvalue weighted by Crippen LogP contribution is -2.11. The molecule has 0 aliphatic carbocycles. The van der Waals surface area contributed by atoms with E-state index in [1.165, 1.54) is 12.1 Å². The monoisotopic (exact) mass is 293 g/mol. The Hall–Kier alpha value is -2.27. The predicted octanol–water partition coefficient (Wildman–Crippen LogP) is 3.46. The molecule has 102 valence electrons. The second-order valence-corrected chi connectivity index (χ2v) is 4.56. The Kier molecular flexibility index (Phi) is 3.20. The summed E-state index contributed by atoms with van der Waals surface area (Å²) in [7, 11) is 0. The molecule has 0 aromatic heterocycles. The molecule has 2 aromatic carbocycles. The zero-order valence-electron chi connectivity index (χ0n) is 10.2. The van der Waals surface area contributed by atoms with E-state index >= 15 is 0 Å². The van der Waals surface area contributed by atoms with Crippen LogP contribution >= 0.6 is 11.6 Å². The van der Waals surface area contributed by atoms with Crippen molar-refractivity contribution in [3.63, 3.8) is 0 Å². The molecule has 4 nitrogen and oxygen atoms in total. The molecule has 3 rings (SSSR count). The number of fused-ring (bicyclic) bond motifs is 1. The van der Waals surface area contributed by atoms with Crippen molar-refractivity contribution in [3.8, 4) is 11.5 Å². The highest BCUT2D eigenvalue weighted by Crippen LogP contribution is 2.34. The van der Waals surface area contributed by atoms with Gasteiger partial charge in [-0.05, 0) is 30.3 Å². The maximum Gasteiger partial charge on any atom is 0.255 e. The van der Waals surface area contributed by atoms with Gasteiger partial charge in [-0.1, -0.05) is 11.6 Å². The zero-order valence-corrected chi connectivity index (χ0v) is 10.9. The van der Waals surface area contributed by atoms with Crippen molar-refractivity contribution < 1.29 is 18.7 Å². The molecule has 0 atom stereocenters. The summed E-state index contributed by atoms with van der Waals surface area (Å²) in [6.45, 7) is 0.167. The van der Waals surface area contributed by atoms with Crippen molar-refractivity contribution in [1.82, 2.24) is 0 Å². The number of amides is 1. The van der Waals surface area contributed by atoms with Crippen LogP contribution in [0.3, 0.4) is 0 Å². The van der Waals surface area contributed by atoms with E-state index in [4.69, 9.17) is 21.1 Å². The first-order chi connectivity index (χ1) is 9.63. The van der Waals surface area contributed by atoms with Crippen molar-refractivity contribution in [2.45, 2.75) is 0 Å². The SMILES string of the molecule is O=C(Nc1ccc2c(c1)OCO2)c1ccc(F)c(Cl)c1. The molecule has 1 N–H and O–H groups in total. The van der Waals surface area contributed by atoms with Gasteiger partial charge in [0.1, 0.15) is 5.82 Å². The van der Waals surface area contributed by atoms with Crippen LogP contribution in [0.5, 0.6) is 11.5 Å². The molecule has 6 heteroatoms. The molecule has 20 heavy (non-hydrogen) atoms. The number of anilines is 1. The second-order valence-electron chi connectivity index (χ2n) is 4.15. The number of benzene rings is 2. The van der Waals surface area contributed by atoms with Crippen LogP contribution in [-0.4, -0.2) is 12.7 Å². The Balaban J connectivity index is 1.80. The van der Waals surface area contributed by atoms with Gasteiger partial charge in [-0.25, -0.2) is 4.39 Å². The summed E-state index contributed by atoms with van der Waals surface area (Å²) < 4.78 is 23.4. The van der Waals surface area contributed by atoms with Gasteiger partial charge in [0.15, 0.2) is 11.5 Å². The molecule has 1 aliphatic rings. The molecular weight excluding hydrogens is 285 g/mol. The summed E-state index contributed by atoms with van der Waals surface area (Å²) in [6.07, 6.45) is 0. The number of ether oxygens (including phenoxy) is 2. The number of carbonyl (C=O) groups is 1. The fourth-order valence-electron chi connectivity index (χ4n) is 1.81. The maximum absolute atomic E-state index is 13.0. The lowest BCUT2D eigenvalue weighted by atomic mass is 10.2. The first-order valence-corrected chi connectivity index (χ1v) is 6.17. The largest absolute Gasteiger partial charge is 0.454 e. The first kappa shape index (κ1) is 12.7. The smallest absolute Gasteiger partial charge is 0.255 e. The molecule has 0 spiro atoms. The maximum atomic E-state index is 13.0. The van der Waals surface area contributed by atoms with Crippen molar-refractivity contribution in [2.24, 2.45) is 0 Å². The molecule has 0 saturated heterocycles. The van der Waals surface area contributed by atoms with Gasteiger partial charge in [0, 0.05) is 17.3 Å². The number of hydrogen-bond donors (Lipinski definition) is 1.